The van der Waals surface area contributed by atoms with Crippen molar-refractivity contribution in [2.75, 3.05) is 13.1 Å². The van der Waals surface area contributed by atoms with Crippen LogP contribution in [0.3, 0.4) is 0 Å². The standard InChI is InChI=1S/C20H32N4O6/c1-4-13(19(28)29)22-18(27)14-6-5-9-24(14)15(25)10-21-20(30)23-16(11(2)3)17(26)12-7-8-12/h11-14,16H,4-10H2,1-3H3,(H,22,27)(H,28,29)(H2,21,23,30)/t13-,14-,16-/m0/s1. The number of carbonyl (C=O) groups excluding carboxylic acids is 4. The molecule has 1 saturated carbocycles. The van der Waals surface area contributed by atoms with Crippen LogP contribution < -0.4 is 16.0 Å². The maximum absolute atomic E-state index is 12.5. The van der Waals surface area contributed by atoms with Gasteiger partial charge in [-0.05, 0) is 38.0 Å². The van der Waals surface area contributed by atoms with Gasteiger partial charge in [0.05, 0.1) is 12.6 Å². The van der Waals surface area contributed by atoms with Gasteiger partial charge < -0.3 is 26.0 Å². The monoisotopic (exact) mass is 424 g/mol. The van der Waals surface area contributed by atoms with Crippen LogP contribution in [0.4, 0.5) is 4.79 Å². The molecule has 1 heterocycles. The van der Waals surface area contributed by atoms with Crippen LogP contribution >= 0.6 is 0 Å². The predicted molar refractivity (Wildman–Crippen MR) is 107 cm³/mol. The second-order valence-electron chi connectivity index (χ2n) is 8.28. The van der Waals surface area contributed by atoms with Crippen LogP contribution in [0.1, 0.15) is 52.9 Å². The average molecular weight is 424 g/mol. The summed E-state index contributed by atoms with van der Waals surface area (Å²) in [6, 6.07) is -2.96. The van der Waals surface area contributed by atoms with Crippen molar-refractivity contribution in [1.82, 2.24) is 20.9 Å². The molecule has 1 saturated heterocycles. The summed E-state index contributed by atoms with van der Waals surface area (Å²) < 4.78 is 0. The highest BCUT2D eigenvalue weighted by Gasteiger charge is 2.38. The van der Waals surface area contributed by atoms with Crippen molar-refractivity contribution in [3.8, 4) is 0 Å². The Hall–Kier alpha value is -2.65. The van der Waals surface area contributed by atoms with Crippen molar-refractivity contribution in [2.45, 2.75) is 71.0 Å². The number of hydrogen-bond acceptors (Lipinski definition) is 5. The summed E-state index contributed by atoms with van der Waals surface area (Å²) in [4.78, 5) is 62.0. The van der Waals surface area contributed by atoms with Crippen molar-refractivity contribution < 1.29 is 29.1 Å². The van der Waals surface area contributed by atoms with Gasteiger partial charge in [-0.3, -0.25) is 14.4 Å². The van der Waals surface area contributed by atoms with E-state index >= 15 is 0 Å². The minimum Gasteiger partial charge on any atom is -0.480 e. The van der Waals surface area contributed by atoms with E-state index in [0.29, 0.717) is 19.4 Å². The van der Waals surface area contributed by atoms with Gasteiger partial charge in [0.2, 0.25) is 11.8 Å². The zero-order valence-corrected chi connectivity index (χ0v) is 17.8. The maximum atomic E-state index is 12.5. The molecule has 0 radical (unpaired) electrons. The lowest BCUT2D eigenvalue weighted by molar-refractivity contribution is -0.143. The highest BCUT2D eigenvalue weighted by molar-refractivity contribution is 5.94. The third kappa shape index (κ3) is 6.17. The summed E-state index contributed by atoms with van der Waals surface area (Å²) in [5.74, 6) is -2.09. The van der Waals surface area contributed by atoms with Crippen LogP contribution in [-0.4, -0.2) is 70.8 Å². The largest absolute Gasteiger partial charge is 0.480 e. The van der Waals surface area contributed by atoms with E-state index in [-0.39, 0.29) is 30.6 Å². The molecule has 0 aromatic heterocycles. The number of amides is 4. The number of nitrogens with zero attached hydrogens (tertiary/aromatic N) is 1. The molecule has 30 heavy (non-hydrogen) atoms. The Balaban J connectivity index is 1.86. The number of nitrogens with one attached hydrogen (secondary N) is 3. The fraction of sp³-hybridized carbons (Fsp3) is 0.750. The number of rotatable bonds is 10. The van der Waals surface area contributed by atoms with E-state index in [1.54, 1.807) is 6.92 Å². The van der Waals surface area contributed by atoms with Crippen LogP contribution in [0.5, 0.6) is 0 Å². The van der Waals surface area contributed by atoms with E-state index in [4.69, 9.17) is 5.11 Å². The van der Waals surface area contributed by atoms with Crippen LogP contribution in [0.15, 0.2) is 0 Å². The number of likely N-dealkylation sites (tertiary alicyclic amines) is 1. The summed E-state index contributed by atoms with van der Waals surface area (Å²) in [7, 11) is 0. The second-order valence-corrected chi connectivity index (χ2v) is 8.28. The molecule has 168 valence electrons. The van der Waals surface area contributed by atoms with Gasteiger partial charge in [0.15, 0.2) is 5.78 Å². The minimum atomic E-state index is -1.12. The summed E-state index contributed by atoms with van der Waals surface area (Å²) in [5.41, 5.74) is 0. The molecule has 2 aliphatic rings. The van der Waals surface area contributed by atoms with Crippen molar-refractivity contribution in [2.24, 2.45) is 11.8 Å². The van der Waals surface area contributed by atoms with Crippen LogP contribution in [-0.2, 0) is 19.2 Å². The molecule has 0 spiro atoms. The fourth-order valence-electron chi connectivity index (χ4n) is 3.58. The molecule has 0 unspecified atom stereocenters. The summed E-state index contributed by atoms with van der Waals surface area (Å²) in [5, 5.41) is 16.7. The average Bonchev–Trinajstić information content (AvgIpc) is 3.43. The lowest BCUT2D eigenvalue weighted by atomic mass is 9.97. The third-order valence-corrected chi connectivity index (χ3v) is 5.54. The zero-order valence-electron chi connectivity index (χ0n) is 17.8. The van der Waals surface area contributed by atoms with Gasteiger partial charge in [0.1, 0.15) is 12.1 Å². The smallest absolute Gasteiger partial charge is 0.326 e. The van der Waals surface area contributed by atoms with Crippen molar-refractivity contribution in [3.63, 3.8) is 0 Å². The molecule has 0 aromatic carbocycles. The van der Waals surface area contributed by atoms with E-state index in [1.165, 1.54) is 4.90 Å². The second kappa shape index (κ2) is 10.4. The summed E-state index contributed by atoms with van der Waals surface area (Å²) in [6.07, 6.45) is 2.99. The molecule has 2 rings (SSSR count). The van der Waals surface area contributed by atoms with E-state index < -0.39 is 41.9 Å². The first kappa shape index (κ1) is 23.6. The van der Waals surface area contributed by atoms with E-state index in [1.807, 2.05) is 13.8 Å². The fourth-order valence-corrected chi connectivity index (χ4v) is 3.58. The molecule has 3 atom stereocenters. The Morgan fingerprint density at radius 2 is 1.73 bits per heavy atom. The summed E-state index contributed by atoms with van der Waals surface area (Å²) >= 11 is 0. The van der Waals surface area contributed by atoms with Gasteiger partial charge in [-0.15, -0.1) is 0 Å². The Morgan fingerprint density at radius 3 is 2.27 bits per heavy atom. The van der Waals surface area contributed by atoms with Gasteiger partial charge in [-0.25, -0.2) is 9.59 Å². The predicted octanol–water partition coefficient (Wildman–Crippen LogP) is 0.260. The van der Waals surface area contributed by atoms with Crippen LogP contribution in [0.25, 0.3) is 0 Å². The highest BCUT2D eigenvalue weighted by atomic mass is 16.4. The number of aliphatic carboxylic acids is 1. The zero-order chi connectivity index (χ0) is 22.4. The molecule has 10 nitrogen and oxygen atoms in total. The maximum Gasteiger partial charge on any atom is 0.326 e. The molecule has 4 amide bonds. The number of carboxylic acids is 1. The van der Waals surface area contributed by atoms with Gasteiger partial charge in [-0.2, -0.15) is 0 Å². The lowest BCUT2D eigenvalue weighted by Crippen LogP contribution is -2.54. The molecule has 2 fully saturated rings. The van der Waals surface area contributed by atoms with Gasteiger partial charge in [0, 0.05) is 12.5 Å². The van der Waals surface area contributed by atoms with Crippen molar-refractivity contribution in [1.29, 1.82) is 0 Å². The Kier molecular flexibility index (Phi) is 8.19. The number of hydrogen-bond donors (Lipinski definition) is 4. The molecule has 1 aliphatic heterocycles. The molecular weight excluding hydrogens is 392 g/mol. The molecule has 10 heteroatoms. The lowest BCUT2D eigenvalue weighted by Gasteiger charge is -2.26. The first-order chi connectivity index (χ1) is 14.1. The topological polar surface area (TPSA) is 145 Å². The molecule has 4 N–H and O–H groups in total. The first-order valence-electron chi connectivity index (χ1n) is 10.6. The van der Waals surface area contributed by atoms with Gasteiger partial charge in [-0.1, -0.05) is 20.8 Å². The molecule has 1 aliphatic carbocycles. The van der Waals surface area contributed by atoms with E-state index in [2.05, 4.69) is 16.0 Å². The van der Waals surface area contributed by atoms with E-state index in [0.717, 1.165) is 12.8 Å². The van der Waals surface area contributed by atoms with Crippen molar-refractivity contribution in [3.05, 3.63) is 0 Å². The molecule has 0 bridgehead atoms. The SMILES string of the molecule is CC[C@H](NC(=O)[C@@H]1CCCN1C(=O)CNC(=O)N[C@H](C(=O)C1CC1)C(C)C)C(=O)O. The quantitative estimate of drug-likeness (QED) is 0.396. The molecular formula is C20H32N4O6. The Bertz CT molecular complexity index is 691. The molecule has 0 aromatic rings. The number of urea groups is 1. The normalized spacial score (nSPS) is 20.4. The highest BCUT2D eigenvalue weighted by Crippen LogP contribution is 2.32. The van der Waals surface area contributed by atoms with Crippen molar-refractivity contribution >= 4 is 29.6 Å². The van der Waals surface area contributed by atoms with Crippen LogP contribution in [0.2, 0.25) is 0 Å². The van der Waals surface area contributed by atoms with Gasteiger partial charge >= 0.3 is 12.0 Å². The van der Waals surface area contributed by atoms with Crippen LogP contribution in [0, 0.1) is 11.8 Å². The summed E-state index contributed by atoms with van der Waals surface area (Å²) in [6.45, 7) is 5.40. The minimum absolute atomic E-state index is 0.0148. The Labute approximate surface area is 176 Å². The first-order valence-corrected chi connectivity index (χ1v) is 10.6. The third-order valence-electron chi connectivity index (χ3n) is 5.54. The number of Topliss-reactive ketones (excluding diaryl/α,β-unsaturated/α-hetero) is 1. The number of ketones is 1. The number of carbonyl (C=O) groups is 5. The van der Waals surface area contributed by atoms with Gasteiger partial charge in [0.25, 0.3) is 0 Å². The number of carboxylic acid groups (broad SMARTS) is 1. The van der Waals surface area contributed by atoms with E-state index in [9.17, 15) is 24.0 Å². The Morgan fingerprint density at radius 1 is 1.07 bits per heavy atom.